The number of fused-ring (bicyclic) bond motifs is 1. The number of likely N-dealkylation sites (N-methyl/N-ethyl adjacent to an activating group) is 1. The number of hydrogen-bond donors (Lipinski definition) is 3. The maximum Gasteiger partial charge on any atom is 0.412 e. The zero-order chi connectivity index (χ0) is 34.6. The molecular formula is C33H32ClF4N5O5. The van der Waals surface area contributed by atoms with Crippen LogP contribution in [0.2, 0.25) is 5.02 Å². The summed E-state index contributed by atoms with van der Waals surface area (Å²) in [6.07, 6.45) is -4.08. The fourth-order valence-corrected chi connectivity index (χ4v) is 4.77. The second kappa shape index (κ2) is 17.2. The number of carbonyl (C=O) groups is 3. The molecule has 15 heteroatoms. The summed E-state index contributed by atoms with van der Waals surface area (Å²) in [6, 6.07) is 14.9. The highest BCUT2D eigenvalue weighted by atomic mass is 35.5. The van der Waals surface area contributed by atoms with Gasteiger partial charge in [0, 0.05) is 25.2 Å². The van der Waals surface area contributed by atoms with E-state index in [-0.39, 0.29) is 36.8 Å². The van der Waals surface area contributed by atoms with Gasteiger partial charge in [0.2, 0.25) is 0 Å². The molecule has 0 spiro atoms. The molecule has 0 bridgehead atoms. The second-order valence-corrected chi connectivity index (χ2v) is 11.0. The molecule has 1 unspecified atom stereocenters. The van der Waals surface area contributed by atoms with E-state index in [4.69, 9.17) is 21.1 Å². The SMILES string of the molecule is CN(C(=O)NCc1cccc(F)c1Cl)[C@@H](CCC(NC(=O)OCc1ccccc1)C(F)F)COC(=O)Nc1cc2cc(F)ccc2cn1. The van der Waals surface area contributed by atoms with Gasteiger partial charge in [-0.1, -0.05) is 54.1 Å². The lowest BCUT2D eigenvalue weighted by molar-refractivity contribution is 0.0706. The molecule has 4 aromatic rings. The Morgan fingerprint density at radius 2 is 1.69 bits per heavy atom. The minimum atomic E-state index is -2.99. The third-order valence-corrected chi connectivity index (χ3v) is 7.70. The Morgan fingerprint density at radius 1 is 0.917 bits per heavy atom. The molecule has 4 rings (SSSR count). The van der Waals surface area contributed by atoms with Crippen LogP contribution in [0.3, 0.4) is 0 Å². The third-order valence-electron chi connectivity index (χ3n) is 7.28. The number of alkyl carbamates (subject to hydrolysis) is 1. The summed E-state index contributed by atoms with van der Waals surface area (Å²) >= 11 is 5.98. The first kappa shape index (κ1) is 35.7. The van der Waals surface area contributed by atoms with Crippen molar-refractivity contribution < 1.29 is 41.4 Å². The van der Waals surface area contributed by atoms with Crippen molar-refractivity contribution in [3.8, 4) is 0 Å². The molecule has 254 valence electrons. The average Bonchev–Trinajstić information content (AvgIpc) is 3.07. The number of amides is 4. The van der Waals surface area contributed by atoms with Gasteiger partial charge in [-0.25, -0.2) is 36.9 Å². The molecule has 1 aromatic heterocycles. The fraction of sp³-hybridized carbons (Fsp3) is 0.273. The highest BCUT2D eigenvalue weighted by Gasteiger charge is 2.28. The first-order chi connectivity index (χ1) is 23.0. The molecule has 0 aliphatic rings. The number of urea groups is 1. The number of aromatic nitrogens is 1. The van der Waals surface area contributed by atoms with Crippen LogP contribution in [0.4, 0.5) is 37.8 Å². The number of rotatable bonds is 13. The quantitative estimate of drug-likeness (QED) is 0.127. The van der Waals surface area contributed by atoms with E-state index in [0.717, 1.165) is 11.0 Å². The summed E-state index contributed by atoms with van der Waals surface area (Å²) in [4.78, 5) is 43.2. The molecule has 0 aliphatic carbocycles. The largest absolute Gasteiger partial charge is 0.447 e. The highest BCUT2D eigenvalue weighted by molar-refractivity contribution is 6.31. The van der Waals surface area contributed by atoms with Crippen LogP contribution < -0.4 is 16.0 Å². The third kappa shape index (κ3) is 10.5. The Hall–Kier alpha value is -5.11. The van der Waals surface area contributed by atoms with Gasteiger partial charge < -0.3 is 25.0 Å². The average molecular weight is 690 g/mol. The topological polar surface area (TPSA) is 122 Å². The molecular weight excluding hydrogens is 658 g/mol. The van der Waals surface area contributed by atoms with Gasteiger partial charge in [0.05, 0.1) is 17.1 Å². The number of nitrogens with one attached hydrogen (secondary N) is 3. The Morgan fingerprint density at radius 3 is 2.44 bits per heavy atom. The Labute approximate surface area is 278 Å². The second-order valence-electron chi connectivity index (χ2n) is 10.6. The van der Waals surface area contributed by atoms with Gasteiger partial charge in [-0.05, 0) is 59.7 Å². The summed E-state index contributed by atoms with van der Waals surface area (Å²) in [6.45, 7) is -0.739. The van der Waals surface area contributed by atoms with Crippen molar-refractivity contribution in [2.24, 2.45) is 0 Å². The van der Waals surface area contributed by atoms with Gasteiger partial charge >= 0.3 is 18.2 Å². The molecule has 0 aliphatic heterocycles. The first-order valence-electron chi connectivity index (χ1n) is 14.7. The van der Waals surface area contributed by atoms with E-state index in [2.05, 4.69) is 20.9 Å². The van der Waals surface area contributed by atoms with E-state index >= 15 is 0 Å². The van der Waals surface area contributed by atoms with Crippen molar-refractivity contribution in [2.75, 3.05) is 19.0 Å². The summed E-state index contributed by atoms with van der Waals surface area (Å²) < 4.78 is 65.8. The Kier molecular flexibility index (Phi) is 12.8. The lowest BCUT2D eigenvalue weighted by Crippen LogP contribution is -2.47. The van der Waals surface area contributed by atoms with Crippen molar-refractivity contribution in [3.05, 3.63) is 107 Å². The number of carbonyl (C=O) groups excluding carboxylic acids is 3. The van der Waals surface area contributed by atoms with E-state index in [1.807, 2.05) is 0 Å². The van der Waals surface area contributed by atoms with Crippen LogP contribution in [-0.4, -0.2) is 60.3 Å². The lowest BCUT2D eigenvalue weighted by Gasteiger charge is -2.29. The first-order valence-corrected chi connectivity index (χ1v) is 15.1. The van der Waals surface area contributed by atoms with Crippen LogP contribution >= 0.6 is 11.6 Å². The predicted molar refractivity (Wildman–Crippen MR) is 171 cm³/mol. The number of pyridine rings is 1. The van der Waals surface area contributed by atoms with Crippen LogP contribution in [0.25, 0.3) is 10.8 Å². The van der Waals surface area contributed by atoms with Gasteiger partial charge in [-0.15, -0.1) is 0 Å². The van der Waals surface area contributed by atoms with Crippen LogP contribution in [-0.2, 0) is 22.6 Å². The molecule has 3 N–H and O–H groups in total. The van der Waals surface area contributed by atoms with Crippen LogP contribution in [0.15, 0.2) is 79.0 Å². The fourth-order valence-electron chi connectivity index (χ4n) is 4.58. The lowest BCUT2D eigenvalue weighted by atomic mass is 10.1. The molecule has 2 atom stereocenters. The van der Waals surface area contributed by atoms with Crippen molar-refractivity contribution in [2.45, 2.75) is 44.5 Å². The number of hydrogen-bond acceptors (Lipinski definition) is 6. The maximum atomic E-state index is 14.0. The highest BCUT2D eigenvalue weighted by Crippen LogP contribution is 2.21. The van der Waals surface area contributed by atoms with Gasteiger partial charge in [-0.2, -0.15) is 0 Å². The molecule has 48 heavy (non-hydrogen) atoms. The van der Waals surface area contributed by atoms with E-state index in [9.17, 15) is 31.9 Å². The molecule has 10 nitrogen and oxygen atoms in total. The van der Waals surface area contributed by atoms with E-state index in [1.165, 1.54) is 49.6 Å². The Balaban J connectivity index is 1.40. The zero-order valence-corrected chi connectivity index (χ0v) is 26.4. The van der Waals surface area contributed by atoms with Crippen molar-refractivity contribution in [1.29, 1.82) is 0 Å². The number of alkyl halides is 2. The van der Waals surface area contributed by atoms with Gasteiger partial charge in [-0.3, -0.25) is 5.32 Å². The minimum Gasteiger partial charge on any atom is -0.447 e. The molecule has 4 amide bonds. The van der Waals surface area contributed by atoms with Crippen LogP contribution in [0.1, 0.15) is 24.0 Å². The molecule has 0 fully saturated rings. The summed E-state index contributed by atoms with van der Waals surface area (Å²) in [5.74, 6) is -1.09. The van der Waals surface area contributed by atoms with Crippen LogP contribution in [0, 0.1) is 11.6 Å². The van der Waals surface area contributed by atoms with Crippen molar-refractivity contribution in [1.82, 2.24) is 20.5 Å². The van der Waals surface area contributed by atoms with Crippen molar-refractivity contribution in [3.63, 3.8) is 0 Å². The number of ether oxygens (including phenoxy) is 2. The number of anilines is 1. The maximum absolute atomic E-state index is 14.0. The smallest absolute Gasteiger partial charge is 0.412 e. The zero-order valence-electron chi connectivity index (χ0n) is 25.6. The number of halogens is 5. The number of nitrogens with zero attached hydrogens (tertiary/aromatic N) is 2. The molecule has 0 radical (unpaired) electrons. The van der Waals surface area contributed by atoms with E-state index in [1.54, 1.807) is 30.3 Å². The summed E-state index contributed by atoms with van der Waals surface area (Å²) in [5, 5.41) is 8.07. The standard InChI is InChI=1S/C33H32ClF4N5O5/c1-43(31(44)40-17-22-8-5-9-26(36)29(22)34)25(12-13-27(30(37)38)41-32(45)47-18-20-6-3-2-4-7-20)19-48-33(46)42-28-15-23-14-24(35)11-10-21(23)16-39-28/h2-11,14-16,25,27,30H,12-13,17-19H2,1H3,(H,40,44)(H,41,45)(H,39,42,46)/t25-,27?/m0/s1. The van der Waals surface area contributed by atoms with Crippen LogP contribution in [0.5, 0.6) is 0 Å². The van der Waals surface area contributed by atoms with Gasteiger partial charge in [0.25, 0.3) is 6.43 Å². The summed E-state index contributed by atoms with van der Waals surface area (Å²) in [5.41, 5.74) is 0.958. The number of benzene rings is 3. The predicted octanol–water partition coefficient (Wildman–Crippen LogP) is 7.27. The Bertz CT molecular complexity index is 1720. The van der Waals surface area contributed by atoms with Gasteiger partial charge in [0.15, 0.2) is 0 Å². The normalized spacial score (nSPS) is 12.2. The monoisotopic (exact) mass is 689 g/mol. The van der Waals surface area contributed by atoms with E-state index < -0.39 is 55.0 Å². The van der Waals surface area contributed by atoms with E-state index in [0.29, 0.717) is 21.9 Å². The molecule has 0 saturated carbocycles. The minimum absolute atomic E-state index is 0.0590. The molecule has 0 saturated heterocycles. The molecule has 3 aromatic carbocycles. The molecule has 1 heterocycles. The summed E-state index contributed by atoms with van der Waals surface area (Å²) in [7, 11) is 1.35. The van der Waals surface area contributed by atoms with Gasteiger partial charge in [0.1, 0.15) is 30.7 Å². The van der Waals surface area contributed by atoms with Crippen molar-refractivity contribution >= 4 is 46.4 Å².